The number of anilines is 1. The predicted molar refractivity (Wildman–Crippen MR) is 112 cm³/mol. The zero-order valence-electron chi connectivity index (χ0n) is 17.1. The number of nitrogens with zero attached hydrogens (tertiary/aromatic N) is 1. The summed E-state index contributed by atoms with van der Waals surface area (Å²) in [5, 5.41) is 13.9. The fraction of sp³-hybridized carbons (Fsp3) is 0.333. The molecular formula is C21H25N3O6. The molecule has 0 saturated carbocycles. The number of carbonyl (C=O) groups excluding carboxylic acids is 2. The number of primary amides is 1. The van der Waals surface area contributed by atoms with Crippen LogP contribution in [-0.4, -0.2) is 29.4 Å². The summed E-state index contributed by atoms with van der Waals surface area (Å²) in [6.45, 7) is 5.89. The van der Waals surface area contributed by atoms with Crippen LogP contribution in [-0.2, 0) is 0 Å². The lowest BCUT2D eigenvalue weighted by molar-refractivity contribution is -0.386. The van der Waals surface area contributed by atoms with E-state index in [1.807, 2.05) is 6.92 Å². The number of amides is 2. The molecule has 0 aromatic heterocycles. The Morgan fingerprint density at radius 3 is 2.40 bits per heavy atom. The van der Waals surface area contributed by atoms with Gasteiger partial charge < -0.3 is 20.5 Å². The second-order valence-electron chi connectivity index (χ2n) is 6.84. The number of carbonyl (C=O) groups is 2. The molecule has 0 aliphatic rings. The highest BCUT2D eigenvalue weighted by Crippen LogP contribution is 2.31. The van der Waals surface area contributed by atoms with Crippen molar-refractivity contribution in [1.82, 2.24) is 0 Å². The molecule has 0 atom stereocenters. The molecular weight excluding hydrogens is 390 g/mol. The highest BCUT2D eigenvalue weighted by atomic mass is 16.6. The SMILES string of the molecule is CCCCOc1cc(C(N)=O)ccc1NC(=O)c1ccc([N+](=O)[O-])c(OC(C)C)c1. The quantitative estimate of drug-likeness (QED) is 0.343. The van der Waals surface area contributed by atoms with Crippen LogP contribution in [0.1, 0.15) is 54.3 Å². The monoisotopic (exact) mass is 415 g/mol. The van der Waals surface area contributed by atoms with Crippen LogP contribution in [0.25, 0.3) is 0 Å². The topological polar surface area (TPSA) is 134 Å². The summed E-state index contributed by atoms with van der Waals surface area (Å²) < 4.78 is 11.2. The number of nitro groups is 1. The van der Waals surface area contributed by atoms with Gasteiger partial charge in [0, 0.05) is 23.3 Å². The van der Waals surface area contributed by atoms with Crippen LogP contribution in [0.2, 0.25) is 0 Å². The van der Waals surface area contributed by atoms with Gasteiger partial charge in [-0.2, -0.15) is 0 Å². The van der Waals surface area contributed by atoms with Crippen molar-refractivity contribution in [2.45, 2.75) is 39.7 Å². The van der Waals surface area contributed by atoms with E-state index in [1.165, 1.54) is 36.4 Å². The minimum atomic E-state index is -0.612. The number of hydrogen-bond acceptors (Lipinski definition) is 6. The second kappa shape index (κ2) is 10.2. The van der Waals surface area contributed by atoms with Gasteiger partial charge in [-0.3, -0.25) is 19.7 Å². The Kier molecular flexibility index (Phi) is 7.74. The van der Waals surface area contributed by atoms with Crippen molar-refractivity contribution >= 4 is 23.2 Å². The first-order valence-electron chi connectivity index (χ1n) is 9.56. The van der Waals surface area contributed by atoms with Crippen molar-refractivity contribution in [3.05, 3.63) is 57.6 Å². The Morgan fingerprint density at radius 1 is 1.13 bits per heavy atom. The molecule has 0 saturated heterocycles. The minimum Gasteiger partial charge on any atom is -0.491 e. The van der Waals surface area contributed by atoms with Crippen LogP contribution >= 0.6 is 0 Å². The molecule has 0 fully saturated rings. The van der Waals surface area contributed by atoms with Gasteiger partial charge >= 0.3 is 5.69 Å². The lowest BCUT2D eigenvalue weighted by Gasteiger charge is -2.14. The summed E-state index contributed by atoms with van der Waals surface area (Å²) in [7, 11) is 0. The van der Waals surface area contributed by atoms with Crippen molar-refractivity contribution in [3.8, 4) is 11.5 Å². The van der Waals surface area contributed by atoms with Crippen LogP contribution in [0.4, 0.5) is 11.4 Å². The first kappa shape index (κ1) is 22.7. The lowest BCUT2D eigenvalue weighted by Crippen LogP contribution is -2.16. The summed E-state index contributed by atoms with van der Waals surface area (Å²) >= 11 is 0. The molecule has 0 aliphatic heterocycles. The summed E-state index contributed by atoms with van der Waals surface area (Å²) in [5.41, 5.74) is 5.88. The molecule has 0 heterocycles. The predicted octanol–water partition coefficient (Wildman–Crippen LogP) is 3.91. The first-order valence-corrected chi connectivity index (χ1v) is 9.56. The van der Waals surface area contributed by atoms with E-state index in [2.05, 4.69) is 5.32 Å². The molecule has 2 aromatic carbocycles. The number of nitrogens with one attached hydrogen (secondary N) is 1. The Labute approximate surface area is 174 Å². The van der Waals surface area contributed by atoms with Crippen LogP contribution in [0.5, 0.6) is 11.5 Å². The highest BCUT2D eigenvalue weighted by Gasteiger charge is 2.20. The van der Waals surface area contributed by atoms with Crippen molar-refractivity contribution in [2.75, 3.05) is 11.9 Å². The second-order valence-corrected chi connectivity index (χ2v) is 6.84. The zero-order valence-corrected chi connectivity index (χ0v) is 17.1. The van der Waals surface area contributed by atoms with E-state index in [9.17, 15) is 19.7 Å². The number of nitro benzene ring substituents is 1. The van der Waals surface area contributed by atoms with Gasteiger partial charge in [0.05, 0.1) is 23.3 Å². The largest absolute Gasteiger partial charge is 0.491 e. The highest BCUT2D eigenvalue weighted by molar-refractivity contribution is 6.06. The summed E-state index contributed by atoms with van der Waals surface area (Å²) in [4.78, 5) is 34.8. The molecule has 3 N–H and O–H groups in total. The van der Waals surface area contributed by atoms with Gasteiger partial charge in [0.15, 0.2) is 5.75 Å². The van der Waals surface area contributed by atoms with E-state index in [0.29, 0.717) is 18.0 Å². The molecule has 9 nitrogen and oxygen atoms in total. The molecule has 0 aliphatic carbocycles. The summed E-state index contributed by atoms with van der Waals surface area (Å²) in [6.07, 6.45) is 1.41. The third-order valence-electron chi connectivity index (χ3n) is 4.05. The molecule has 2 aromatic rings. The van der Waals surface area contributed by atoms with Gasteiger partial charge in [0.25, 0.3) is 5.91 Å². The van der Waals surface area contributed by atoms with Crippen LogP contribution < -0.4 is 20.5 Å². The van der Waals surface area contributed by atoms with Crippen molar-refractivity contribution < 1.29 is 24.0 Å². The van der Waals surface area contributed by atoms with Gasteiger partial charge in [0.2, 0.25) is 5.91 Å². The van der Waals surface area contributed by atoms with E-state index >= 15 is 0 Å². The Balaban J connectivity index is 2.32. The average molecular weight is 415 g/mol. The first-order chi connectivity index (χ1) is 14.2. The van der Waals surface area contributed by atoms with Crippen LogP contribution in [0.15, 0.2) is 36.4 Å². The average Bonchev–Trinajstić information content (AvgIpc) is 2.68. The van der Waals surface area contributed by atoms with Gasteiger partial charge in [-0.15, -0.1) is 0 Å². The minimum absolute atomic E-state index is 0.00569. The van der Waals surface area contributed by atoms with Crippen molar-refractivity contribution in [3.63, 3.8) is 0 Å². The maximum absolute atomic E-state index is 12.8. The maximum atomic E-state index is 12.8. The van der Waals surface area contributed by atoms with Gasteiger partial charge in [-0.1, -0.05) is 13.3 Å². The van der Waals surface area contributed by atoms with Crippen LogP contribution in [0, 0.1) is 10.1 Å². The number of hydrogen-bond donors (Lipinski definition) is 2. The normalized spacial score (nSPS) is 10.5. The summed E-state index contributed by atoms with van der Waals surface area (Å²) in [6, 6.07) is 8.36. The number of ether oxygens (including phenoxy) is 2. The van der Waals surface area contributed by atoms with Gasteiger partial charge in [-0.05, 0) is 44.5 Å². The molecule has 30 heavy (non-hydrogen) atoms. The molecule has 0 unspecified atom stereocenters. The van der Waals surface area contributed by atoms with E-state index in [4.69, 9.17) is 15.2 Å². The van der Waals surface area contributed by atoms with E-state index in [-0.39, 0.29) is 28.7 Å². The molecule has 0 spiro atoms. The Bertz CT molecular complexity index is 942. The fourth-order valence-corrected chi connectivity index (χ4v) is 2.57. The van der Waals surface area contributed by atoms with Crippen molar-refractivity contribution in [1.29, 1.82) is 0 Å². The number of benzene rings is 2. The Morgan fingerprint density at radius 2 is 1.80 bits per heavy atom. The van der Waals surface area contributed by atoms with Crippen molar-refractivity contribution in [2.24, 2.45) is 5.73 Å². The standard InChI is InChI=1S/C21H25N3O6/c1-4-5-10-29-18-11-14(20(22)25)6-8-16(18)23-21(26)15-7-9-17(24(27)28)19(12-15)30-13(2)3/h6-9,11-13H,4-5,10H2,1-3H3,(H2,22,25)(H,23,26). The third-order valence-corrected chi connectivity index (χ3v) is 4.05. The zero-order chi connectivity index (χ0) is 22.3. The lowest BCUT2D eigenvalue weighted by atomic mass is 10.1. The molecule has 160 valence electrons. The molecule has 2 rings (SSSR count). The molecule has 2 amide bonds. The third kappa shape index (κ3) is 5.94. The summed E-state index contributed by atoms with van der Waals surface area (Å²) in [5.74, 6) is -0.801. The number of unbranched alkanes of at least 4 members (excludes halogenated alkanes) is 1. The molecule has 9 heteroatoms. The van der Waals surface area contributed by atoms with E-state index in [1.54, 1.807) is 13.8 Å². The fourth-order valence-electron chi connectivity index (χ4n) is 2.57. The molecule has 0 bridgehead atoms. The van der Waals surface area contributed by atoms with E-state index in [0.717, 1.165) is 12.8 Å². The smallest absolute Gasteiger partial charge is 0.310 e. The number of rotatable bonds is 10. The van der Waals surface area contributed by atoms with Gasteiger partial charge in [0.1, 0.15) is 5.75 Å². The van der Waals surface area contributed by atoms with Gasteiger partial charge in [-0.25, -0.2) is 0 Å². The Hall–Kier alpha value is -3.62. The molecule has 0 radical (unpaired) electrons. The van der Waals surface area contributed by atoms with Crippen LogP contribution in [0.3, 0.4) is 0 Å². The maximum Gasteiger partial charge on any atom is 0.310 e. The number of nitrogens with two attached hydrogens (primary N) is 1. The van der Waals surface area contributed by atoms with E-state index < -0.39 is 16.7 Å².